The molecule has 1 aliphatic carbocycles. The zero-order chi connectivity index (χ0) is 21.7. The Kier molecular flexibility index (Phi) is 7.03. The molecule has 7 heteroatoms. The SMILES string of the molecule is CC[C@H](C)[C@@H](NC(=O)COC(=O)c1c2c(nc3ccccc13)CCCC2)C(=O)OC. The van der Waals surface area contributed by atoms with Gasteiger partial charge in [-0.2, -0.15) is 0 Å². The Morgan fingerprint density at radius 1 is 1.17 bits per heavy atom. The summed E-state index contributed by atoms with van der Waals surface area (Å²) in [6.07, 6.45) is 4.32. The second-order valence-electron chi connectivity index (χ2n) is 7.67. The Morgan fingerprint density at radius 3 is 2.63 bits per heavy atom. The van der Waals surface area contributed by atoms with E-state index in [0.717, 1.165) is 47.8 Å². The van der Waals surface area contributed by atoms with Gasteiger partial charge in [0.25, 0.3) is 5.91 Å². The average Bonchev–Trinajstić information content (AvgIpc) is 2.78. The number of aromatic nitrogens is 1. The number of carbonyl (C=O) groups excluding carboxylic acids is 3. The highest BCUT2D eigenvalue weighted by Crippen LogP contribution is 2.29. The van der Waals surface area contributed by atoms with Crippen molar-refractivity contribution in [2.24, 2.45) is 5.92 Å². The van der Waals surface area contributed by atoms with Crippen LogP contribution in [0.5, 0.6) is 0 Å². The molecule has 0 spiro atoms. The van der Waals surface area contributed by atoms with E-state index >= 15 is 0 Å². The molecule has 1 aromatic heterocycles. The van der Waals surface area contributed by atoms with E-state index in [1.807, 2.05) is 38.1 Å². The van der Waals surface area contributed by atoms with E-state index in [4.69, 9.17) is 14.5 Å². The van der Waals surface area contributed by atoms with E-state index in [0.29, 0.717) is 12.0 Å². The predicted octanol–water partition coefficient (Wildman–Crippen LogP) is 2.97. The van der Waals surface area contributed by atoms with Crippen LogP contribution >= 0.6 is 0 Å². The van der Waals surface area contributed by atoms with Crippen LogP contribution in [0.25, 0.3) is 10.9 Å². The highest BCUT2D eigenvalue weighted by atomic mass is 16.5. The van der Waals surface area contributed by atoms with Crippen LogP contribution in [0.2, 0.25) is 0 Å². The smallest absolute Gasteiger partial charge is 0.339 e. The summed E-state index contributed by atoms with van der Waals surface area (Å²) in [5.74, 6) is -1.70. The van der Waals surface area contributed by atoms with Gasteiger partial charge < -0.3 is 14.8 Å². The van der Waals surface area contributed by atoms with E-state index < -0.39 is 30.5 Å². The van der Waals surface area contributed by atoms with Crippen LogP contribution < -0.4 is 5.32 Å². The summed E-state index contributed by atoms with van der Waals surface area (Å²) in [5.41, 5.74) is 3.09. The molecule has 1 amide bonds. The van der Waals surface area contributed by atoms with Gasteiger partial charge in [0.05, 0.1) is 18.2 Å². The number of benzene rings is 1. The molecular formula is C23H28N2O5. The minimum absolute atomic E-state index is 0.103. The Hall–Kier alpha value is -2.96. The number of ether oxygens (including phenoxy) is 2. The van der Waals surface area contributed by atoms with Crippen LogP contribution in [-0.2, 0) is 31.9 Å². The standard InChI is InChI=1S/C23H28N2O5/c1-4-14(2)21(23(28)29-3)25-19(26)13-30-22(27)20-15-9-5-7-11-17(15)24-18-12-8-6-10-16(18)20/h5,7,9,11,14,21H,4,6,8,10,12-13H2,1-3H3,(H,25,26)/t14-,21+/m0/s1. The third-order valence-electron chi connectivity index (χ3n) is 5.69. The number of hydrogen-bond donors (Lipinski definition) is 1. The average molecular weight is 412 g/mol. The van der Waals surface area contributed by atoms with E-state index in [-0.39, 0.29) is 5.92 Å². The molecule has 1 heterocycles. The Balaban J connectivity index is 1.77. The van der Waals surface area contributed by atoms with E-state index in [1.54, 1.807) is 0 Å². The van der Waals surface area contributed by atoms with Crippen molar-refractivity contribution in [1.29, 1.82) is 0 Å². The van der Waals surface area contributed by atoms with Crippen LogP contribution in [0.1, 0.15) is 54.7 Å². The fourth-order valence-corrected chi connectivity index (χ4v) is 3.82. The highest BCUT2D eigenvalue weighted by Gasteiger charge is 2.28. The van der Waals surface area contributed by atoms with E-state index in [2.05, 4.69) is 5.32 Å². The molecule has 1 aromatic carbocycles. The maximum atomic E-state index is 13.0. The summed E-state index contributed by atoms with van der Waals surface area (Å²) in [4.78, 5) is 42.0. The minimum atomic E-state index is -0.777. The molecule has 0 saturated heterocycles. The number of esters is 2. The first-order valence-electron chi connectivity index (χ1n) is 10.4. The number of para-hydroxylation sites is 1. The van der Waals surface area contributed by atoms with Gasteiger partial charge in [-0.15, -0.1) is 0 Å². The fourth-order valence-electron chi connectivity index (χ4n) is 3.82. The lowest BCUT2D eigenvalue weighted by molar-refractivity contribution is -0.147. The molecule has 30 heavy (non-hydrogen) atoms. The molecule has 7 nitrogen and oxygen atoms in total. The molecule has 0 radical (unpaired) electrons. The molecule has 2 aromatic rings. The van der Waals surface area contributed by atoms with Gasteiger partial charge in [-0.1, -0.05) is 38.5 Å². The second kappa shape index (κ2) is 9.69. The molecule has 0 fully saturated rings. The third-order valence-corrected chi connectivity index (χ3v) is 5.69. The number of carbonyl (C=O) groups is 3. The number of nitrogens with zero attached hydrogens (tertiary/aromatic N) is 1. The number of aryl methyl sites for hydroxylation is 1. The molecule has 0 saturated carbocycles. The number of fused-ring (bicyclic) bond motifs is 2. The van der Waals surface area contributed by atoms with Crippen molar-refractivity contribution in [2.75, 3.05) is 13.7 Å². The normalized spacial score (nSPS) is 15.0. The molecule has 1 N–H and O–H groups in total. The van der Waals surface area contributed by atoms with Crippen LogP contribution in [0.3, 0.4) is 0 Å². The van der Waals surface area contributed by atoms with Gasteiger partial charge in [0, 0.05) is 11.1 Å². The first kappa shape index (κ1) is 21.7. The van der Waals surface area contributed by atoms with Crippen LogP contribution in [0.15, 0.2) is 24.3 Å². The fraction of sp³-hybridized carbons (Fsp3) is 0.478. The second-order valence-corrected chi connectivity index (χ2v) is 7.67. The van der Waals surface area contributed by atoms with Gasteiger partial charge in [-0.3, -0.25) is 9.78 Å². The van der Waals surface area contributed by atoms with Crippen molar-refractivity contribution in [2.45, 2.75) is 52.0 Å². The van der Waals surface area contributed by atoms with Crippen LogP contribution in [0, 0.1) is 5.92 Å². The molecule has 0 aliphatic heterocycles. The van der Waals surface area contributed by atoms with Gasteiger partial charge in [-0.05, 0) is 43.2 Å². The quantitative estimate of drug-likeness (QED) is 0.703. The summed E-state index contributed by atoms with van der Waals surface area (Å²) >= 11 is 0. The molecule has 0 bridgehead atoms. The first-order valence-corrected chi connectivity index (χ1v) is 10.4. The van der Waals surface area contributed by atoms with Gasteiger partial charge in [0.2, 0.25) is 0 Å². The third kappa shape index (κ3) is 4.61. The highest BCUT2D eigenvalue weighted by molar-refractivity contribution is 6.05. The van der Waals surface area contributed by atoms with Crippen molar-refractivity contribution in [1.82, 2.24) is 10.3 Å². The van der Waals surface area contributed by atoms with Crippen molar-refractivity contribution in [3.8, 4) is 0 Å². The summed E-state index contributed by atoms with van der Waals surface area (Å²) in [5, 5.41) is 3.35. The lowest BCUT2D eigenvalue weighted by Crippen LogP contribution is -2.47. The zero-order valence-corrected chi connectivity index (χ0v) is 17.7. The number of hydrogen-bond acceptors (Lipinski definition) is 6. The van der Waals surface area contributed by atoms with Crippen LogP contribution in [-0.4, -0.2) is 42.6 Å². The van der Waals surface area contributed by atoms with Gasteiger partial charge in [0.15, 0.2) is 6.61 Å². The molecule has 3 rings (SSSR count). The summed E-state index contributed by atoms with van der Waals surface area (Å²) in [7, 11) is 1.28. The maximum absolute atomic E-state index is 13.0. The molecule has 2 atom stereocenters. The number of rotatable bonds is 7. The maximum Gasteiger partial charge on any atom is 0.339 e. The molecule has 1 aliphatic rings. The summed E-state index contributed by atoms with van der Waals surface area (Å²) in [6.45, 7) is 3.31. The first-order chi connectivity index (χ1) is 14.5. The topological polar surface area (TPSA) is 94.6 Å². The van der Waals surface area contributed by atoms with Crippen molar-refractivity contribution < 1.29 is 23.9 Å². The Labute approximate surface area is 176 Å². The Bertz CT molecular complexity index is 956. The predicted molar refractivity (Wildman–Crippen MR) is 112 cm³/mol. The van der Waals surface area contributed by atoms with Gasteiger partial charge in [-0.25, -0.2) is 9.59 Å². The lowest BCUT2D eigenvalue weighted by Gasteiger charge is -2.22. The monoisotopic (exact) mass is 412 g/mol. The van der Waals surface area contributed by atoms with E-state index in [9.17, 15) is 14.4 Å². The molecular weight excluding hydrogens is 384 g/mol. The Morgan fingerprint density at radius 2 is 1.90 bits per heavy atom. The largest absolute Gasteiger partial charge is 0.467 e. The number of amides is 1. The zero-order valence-electron chi connectivity index (χ0n) is 17.7. The summed E-state index contributed by atoms with van der Waals surface area (Å²) in [6, 6.07) is 6.69. The minimum Gasteiger partial charge on any atom is -0.467 e. The van der Waals surface area contributed by atoms with E-state index in [1.165, 1.54) is 7.11 Å². The number of pyridine rings is 1. The number of nitrogens with one attached hydrogen (secondary N) is 1. The lowest BCUT2D eigenvalue weighted by atomic mass is 9.90. The summed E-state index contributed by atoms with van der Waals surface area (Å²) < 4.78 is 10.1. The van der Waals surface area contributed by atoms with Crippen molar-refractivity contribution in [3.05, 3.63) is 41.1 Å². The van der Waals surface area contributed by atoms with Crippen molar-refractivity contribution >= 4 is 28.7 Å². The molecule has 160 valence electrons. The van der Waals surface area contributed by atoms with Gasteiger partial charge in [0.1, 0.15) is 6.04 Å². The van der Waals surface area contributed by atoms with Crippen molar-refractivity contribution in [3.63, 3.8) is 0 Å². The number of methoxy groups -OCH3 is 1. The van der Waals surface area contributed by atoms with Crippen LogP contribution in [0.4, 0.5) is 0 Å². The van der Waals surface area contributed by atoms with Gasteiger partial charge >= 0.3 is 11.9 Å². The molecule has 0 unspecified atom stereocenters.